The molecular formula is C16H15N2O4-. The second kappa shape index (κ2) is 5.63. The lowest BCUT2D eigenvalue weighted by molar-refractivity contribution is -0.313. The molecule has 1 aromatic carbocycles. The highest BCUT2D eigenvalue weighted by atomic mass is 16.4. The Balaban J connectivity index is 1.64. The number of benzene rings is 1. The second-order valence-electron chi connectivity index (χ2n) is 5.63. The van der Waals surface area contributed by atoms with Crippen LogP contribution in [0.15, 0.2) is 42.5 Å². The minimum absolute atomic E-state index is 0.110. The van der Waals surface area contributed by atoms with Gasteiger partial charge in [-0.05, 0) is 30.4 Å². The number of nitrogens with one attached hydrogen (secondary N) is 2. The van der Waals surface area contributed by atoms with Gasteiger partial charge in [0.1, 0.15) is 0 Å². The molecule has 2 aliphatic carbocycles. The lowest BCUT2D eigenvalue weighted by atomic mass is 9.82. The summed E-state index contributed by atoms with van der Waals surface area (Å²) >= 11 is 0. The fourth-order valence-corrected chi connectivity index (χ4v) is 3.36. The maximum atomic E-state index is 12.2. The smallest absolute Gasteiger partial charge is 0.269 e. The van der Waals surface area contributed by atoms with Crippen molar-refractivity contribution in [2.45, 2.75) is 6.42 Å². The van der Waals surface area contributed by atoms with Gasteiger partial charge in [-0.3, -0.25) is 20.4 Å². The molecule has 0 unspecified atom stereocenters. The lowest BCUT2D eigenvalue weighted by Crippen LogP contribution is -2.50. The first-order chi connectivity index (χ1) is 10.6. The SMILES string of the molecule is O=C(NNC(=O)[C@H]1[C@@H](C(=O)[O-])[C@H]2C=C[C@@H]1C2)c1ccccc1. The zero-order chi connectivity index (χ0) is 15.7. The lowest BCUT2D eigenvalue weighted by Gasteiger charge is -2.27. The van der Waals surface area contributed by atoms with Gasteiger partial charge in [-0.1, -0.05) is 30.4 Å². The number of allylic oxidation sites excluding steroid dienone is 2. The molecule has 0 aromatic heterocycles. The number of hydrogen-bond donors (Lipinski definition) is 2. The summed E-state index contributed by atoms with van der Waals surface area (Å²) in [5.41, 5.74) is 5.06. The van der Waals surface area contributed by atoms with Crippen LogP contribution in [0.1, 0.15) is 16.8 Å². The molecule has 2 amide bonds. The van der Waals surface area contributed by atoms with Crippen molar-refractivity contribution in [1.82, 2.24) is 10.9 Å². The molecule has 2 aliphatic rings. The van der Waals surface area contributed by atoms with Gasteiger partial charge in [0.15, 0.2) is 0 Å². The van der Waals surface area contributed by atoms with Gasteiger partial charge in [0.25, 0.3) is 5.91 Å². The summed E-state index contributed by atoms with van der Waals surface area (Å²) in [5, 5.41) is 11.3. The van der Waals surface area contributed by atoms with Gasteiger partial charge in [0.2, 0.25) is 5.91 Å². The topological polar surface area (TPSA) is 98.3 Å². The first-order valence-electron chi connectivity index (χ1n) is 7.12. The van der Waals surface area contributed by atoms with Gasteiger partial charge < -0.3 is 9.90 Å². The zero-order valence-corrected chi connectivity index (χ0v) is 11.7. The molecule has 22 heavy (non-hydrogen) atoms. The van der Waals surface area contributed by atoms with Crippen molar-refractivity contribution in [1.29, 1.82) is 0 Å². The van der Waals surface area contributed by atoms with Crippen molar-refractivity contribution in [2.75, 3.05) is 0 Å². The molecular weight excluding hydrogens is 284 g/mol. The average molecular weight is 299 g/mol. The Bertz CT molecular complexity index is 641. The van der Waals surface area contributed by atoms with E-state index in [1.807, 2.05) is 12.2 Å². The van der Waals surface area contributed by atoms with E-state index in [2.05, 4.69) is 10.9 Å². The van der Waals surface area contributed by atoms with Gasteiger partial charge in [0.05, 0.1) is 5.92 Å². The number of carbonyl (C=O) groups is 3. The van der Waals surface area contributed by atoms with E-state index in [0.717, 1.165) is 0 Å². The van der Waals surface area contributed by atoms with Crippen molar-refractivity contribution in [2.24, 2.45) is 23.7 Å². The molecule has 6 nitrogen and oxygen atoms in total. The zero-order valence-electron chi connectivity index (χ0n) is 11.7. The summed E-state index contributed by atoms with van der Waals surface area (Å²) in [6, 6.07) is 8.44. The van der Waals surface area contributed by atoms with Crippen LogP contribution in [0, 0.1) is 23.7 Å². The molecule has 4 atom stereocenters. The Morgan fingerprint density at radius 3 is 2.23 bits per heavy atom. The van der Waals surface area contributed by atoms with Crippen LogP contribution in [0.5, 0.6) is 0 Å². The minimum Gasteiger partial charge on any atom is -0.550 e. The number of carboxylic acid groups (broad SMARTS) is 1. The predicted molar refractivity (Wildman–Crippen MR) is 74.8 cm³/mol. The van der Waals surface area contributed by atoms with Crippen LogP contribution in [0.2, 0.25) is 0 Å². The third kappa shape index (κ3) is 2.47. The summed E-state index contributed by atoms with van der Waals surface area (Å²) < 4.78 is 0. The maximum absolute atomic E-state index is 12.2. The van der Waals surface area contributed by atoms with Crippen LogP contribution in [0.3, 0.4) is 0 Å². The molecule has 1 fully saturated rings. The Labute approximate surface area is 127 Å². The Hall–Kier alpha value is -2.63. The quantitative estimate of drug-likeness (QED) is 0.588. The number of amides is 2. The highest BCUT2D eigenvalue weighted by molar-refractivity contribution is 5.96. The van der Waals surface area contributed by atoms with Crippen molar-refractivity contribution < 1.29 is 19.5 Å². The van der Waals surface area contributed by atoms with Crippen LogP contribution in [-0.2, 0) is 9.59 Å². The summed E-state index contributed by atoms with van der Waals surface area (Å²) in [4.78, 5) is 35.4. The standard InChI is InChI=1S/C16H16N2O4/c19-14(9-4-2-1-3-5-9)17-18-15(20)12-10-6-7-11(8-10)13(12)16(21)22/h1-7,10-13H,8H2,(H,17,19)(H,18,20)(H,21,22)/p-1/t10-,11+,12-,13+/m1/s1. The number of hydrazine groups is 1. The summed E-state index contributed by atoms with van der Waals surface area (Å²) in [5.74, 6) is -3.95. The molecule has 0 aliphatic heterocycles. The molecule has 114 valence electrons. The van der Waals surface area contributed by atoms with Crippen molar-refractivity contribution >= 4 is 17.8 Å². The molecule has 2 bridgehead atoms. The average Bonchev–Trinajstić information content (AvgIpc) is 3.14. The van der Waals surface area contributed by atoms with E-state index in [1.54, 1.807) is 30.3 Å². The molecule has 1 saturated carbocycles. The van der Waals surface area contributed by atoms with Gasteiger partial charge >= 0.3 is 0 Å². The number of rotatable bonds is 3. The molecule has 0 radical (unpaired) electrons. The molecule has 0 saturated heterocycles. The Morgan fingerprint density at radius 1 is 0.955 bits per heavy atom. The summed E-state index contributed by atoms with van der Waals surface area (Å²) in [6.45, 7) is 0. The van der Waals surface area contributed by atoms with E-state index in [1.165, 1.54) is 0 Å². The molecule has 2 N–H and O–H groups in total. The second-order valence-corrected chi connectivity index (χ2v) is 5.63. The van der Waals surface area contributed by atoms with E-state index >= 15 is 0 Å². The predicted octanol–water partition coefficient (Wildman–Crippen LogP) is -0.364. The largest absolute Gasteiger partial charge is 0.550 e. The highest BCUT2D eigenvalue weighted by Crippen LogP contribution is 2.47. The highest BCUT2D eigenvalue weighted by Gasteiger charge is 2.48. The number of carboxylic acids is 1. The van der Waals surface area contributed by atoms with Gasteiger partial charge in [0, 0.05) is 17.5 Å². The fraction of sp³-hybridized carbons (Fsp3) is 0.312. The van der Waals surface area contributed by atoms with E-state index in [0.29, 0.717) is 12.0 Å². The number of carbonyl (C=O) groups excluding carboxylic acids is 3. The Morgan fingerprint density at radius 2 is 1.59 bits per heavy atom. The van der Waals surface area contributed by atoms with Crippen LogP contribution >= 0.6 is 0 Å². The fourth-order valence-electron chi connectivity index (χ4n) is 3.36. The van der Waals surface area contributed by atoms with Crippen molar-refractivity contribution in [3.8, 4) is 0 Å². The molecule has 1 aromatic rings. The minimum atomic E-state index is -1.22. The number of hydrogen-bond acceptors (Lipinski definition) is 4. The first-order valence-corrected chi connectivity index (χ1v) is 7.12. The summed E-state index contributed by atoms with van der Waals surface area (Å²) in [6.07, 6.45) is 4.34. The molecule has 0 spiro atoms. The maximum Gasteiger partial charge on any atom is 0.269 e. The van der Waals surface area contributed by atoms with Crippen LogP contribution < -0.4 is 16.0 Å². The first kappa shape index (κ1) is 14.3. The number of fused-ring (bicyclic) bond motifs is 2. The third-order valence-corrected chi connectivity index (χ3v) is 4.37. The third-order valence-electron chi connectivity index (χ3n) is 4.37. The van der Waals surface area contributed by atoms with E-state index in [4.69, 9.17) is 0 Å². The number of aliphatic carboxylic acids is 1. The summed E-state index contributed by atoms with van der Waals surface area (Å²) in [7, 11) is 0. The Kier molecular flexibility index (Phi) is 3.66. The molecule has 3 rings (SSSR count). The molecule has 6 heteroatoms. The van der Waals surface area contributed by atoms with Gasteiger partial charge in [-0.15, -0.1) is 0 Å². The monoisotopic (exact) mass is 299 g/mol. The van der Waals surface area contributed by atoms with E-state index < -0.39 is 29.6 Å². The van der Waals surface area contributed by atoms with Crippen LogP contribution in [0.25, 0.3) is 0 Å². The van der Waals surface area contributed by atoms with E-state index in [9.17, 15) is 19.5 Å². The van der Waals surface area contributed by atoms with Gasteiger partial charge in [-0.2, -0.15) is 0 Å². The van der Waals surface area contributed by atoms with Gasteiger partial charge in [-0.25, -0.2) is 0 Å². The van der Waals surface area contributed by atoms with E-state index in [-0.39, 0.29) is 11.8 Å². The van der Waals surface area contributed by atoms with Crippen LogP contribution in [0.4, 0.5) is 0 Å². The van der Waals surface area contributed by atoms with Crippen molar-refractivity contribution in [3.63, 3.8) is 0 Å². The molecule has 0 heterocycles. The van der Waals surface area contributed by atoms with Crippen LogP contribution in [-0.4, -0.2) is 17.8 Å². The normalized spacial score (nSPS) is 28.4. The van der Waals surface area contributed by atoms with Crippen molar-refractivity contribution in [3.05, 3.63) is 48.0 Å².